The SMILES string of the molecule is NC(=O)c1cc(F)c(N)nc1-c1c[nH]c2c(F)cc(F)cc12. The highest BCUT2D eigenvalue weighted by Crippen LogP contribution is 2.32. The third-order valence-corrected chi connectivity index (χ3v) is 3.23. The van der Waals surface area contributed by atoms with E-state index in [1.165, 1.54) is 6.20 Å². The lowest BCUT2D eigenvalue weighted by molar-refractivity contribution is 0.1000. The van der Waals surface area contributed by atoms with E-state index in [9.17, 15) is 18.0 Å². The highest BCUT2D eigenvalue weighted by atomic mass is 19.1. The first-order valence-corrected chi connectivity index (χ1v) is 6.11. The van der Waals surface area contributed by atoms with Gasteiger partial charge >= 0.3 is 0 Å². The van der Waals surface area contributed by atoms with Gasteiger partial charge in [-0.05, 0) is 12.1 Å². The maximum absolute atomic E-state index is 13.7. The molecule has 0 aliphatic rings. The number of hydrogen-bond donors (Lipinski definition) is 3. The molecule has 0 aliphatic heterocycles. The summed E-state index contributed by atoms with van der Waals surface area (Å²) in [6.45, 7) is 0. The number of halogens is 3. The van der Waals surface area contributed by atoms with E-state index in [2.05, 4.69) is 9.97 Å². The Balaban J connectivity index is 2.37. The molecule has 1 aromatic carbocycles. The number of benzene rings is 1. The monoisotopic (exact) mass is 306 g/mol. The number of amides is 1. The van der Waals surface area contributed by atoms with Crippen LogP contribution >= 0.6 is 0 Å². The summed E-state index contributed by atoms with van der Waals surface area (Å²) < 4.78 is 40.6. The number of primary amides is 1. The van der Waals surface area contributed by atoms with Crippen molar-refractivity contribution in [3.63, 3.8) is 0 Å². The molecule has 0 saturated carbocycles. The zero-order valence-electron chi connectivity index (χ0n) is 11.0. The minimum Gasteiger partial charge on any atom is -0.381 e. The van der Waals surface area contributed by atoms with Gasteiger partial charge in [0.15, 0.2) is 11.6 Å². The lowest BCUT2D eigenvalue weighted by Crippen LogP contribution is -2.14. The second kappa shape index (κ2) is 4.76. The molecule has 3 aromatic rings. The van der Waals surface area contributed by atoms with Gasteiger partial charge < -0.3 is 16.5 Å². The number of anilines is 1. The number of H-pyrrole nitrogens is 1. The standard InChI is InChI=1S/C14H9F3N4O/c15-5-1-6-8(4-20-12(6)9(16)2-5)11-7(14(19)22)3-10(17)13(18)21-11/h1-4,20H,(H2,18,21)(H2,19,22). The fraction of sp³-hybridized carbons (Fsp3) is 0. The number of nitrogens with two attached hydrogens (primary N) is 2. The number of aromatic amines is 1. The molecule has 2 heterocycles. The van der Waals surface area contributed by atoms with Crippen LogP contribution in [0.2, 0.25) is 0 Å². The lowest BCUT2D eigenvalue weighted by atomic mass is 10.0. The molecule has 5 N–H and O–H groups in total. The Kier molecular flexibility index (Phi) is 3.01. The molecule has 3 rings (SSSR count). The Morgan fingerprint density at radius 1 is 1.14 bits per heavy atom. The topological polar surface area (TPSA) is 97.8 Å². The summed E-state index contributed by atoms with van der Waals surface area (Å²) in [4.78, 5) is 17.9. The molecule has 8 heteroatoms. The van der Waals surface area contributed by atoms with Crippen molar-refractivity contribution in [3.8, 4) is 11.3 Å². The number of hydrogen-bond acceptors (Lipinski definition) is 3. The number of aromatic nitrogens is 2. The minimum atomic E-state index is -0.937. The number of nitrogens with zero attached hydrogens (tertiary/aromatic N) is 1. The number of nitrogens with one attached hydrogen (secondary N) is 1. The first-order valence-electron chi connectivity index (χ1n) is 6.11. The van der Waals surface area contributed by atoms with Crippen LogP contribution in [-0.2, 0) is 0 Å². The predicted octanol–water partition coefficient (Wildman–Crippen LogP) is 2.33. The normalized spacial score (nSPS) is 11.0. The molecule has 5 nitrogen and oxygen atoms in total. The van der Waals surface area contributed by atoms with Crippen LogP contribution in [0, 0.1) is 17.5 Å². The fourth-order valence-corrected chi connectivity index (χ4v) is 2.25. The second-order valence-corrected chi connectivity index (χ2v) is 4.63. The van der Waals surface area contributed by atoms with Crippen molar-refractivity contribution in [2.75, 3.05) is 5.73 Å². The number of fused-ring (bicyclic) bond motifs is 1. The third kappa shape index (κ3) is 2.05. The average Bonchev–Trinajstić information content (AvgIpc) is 2.85. The van der Waals surface area contributed by atoms with Crippen LogP contribution in [0.3, 0.4) is 0 Å². The summed E-state index contributed by atoms with van der Waals surface area (Å²) in [6.07, 6.45) is 1.32. The van der Waals surface area contributed by atoms with Gasteiger partial charge in [0.2, 0.25) is 0 Å². The first kappa shape index (κ1) is 13.9. The maximum Gasteiger partial charge on any atom is 0.251 e. The zero-order valence-corrected chi connectivity index (χ0v) is 11.0. The molecular formula is C14H9F3N4O. The molecule has 1 amide bonds. The molecule has 2 aromatic heterocycles. The Bertz CT molecular complexity index is 920. The van der Waals surface area contributed by atoms with Crippen LogP contribution in [0.25, 0.3) is 22.2 Å². The maximum atomic E-state index is 13.7. The van der Waals surface area contributed by atoms with Crippen molar-refractivity contribution in [3.05, 3.63) is 47.4 Å². The first-order chi connectivity index (χ1) is 10.4. The van der Waals surface area contributed by atoms with Gasteiger partial charge in [0.1, 0.15) is 11.6 Å². The molecule has 0 spiro atoms. The number of nitrogen functional groups attached to an aromatic ring is 1. The summed E-state index contributed by atoms with van der Waals surface area (Å²) in [7, 11) is 0. The van der Waals surface area contributed by atoms with Crippen LogP contribution in [0.15, 0.2) is 24.4 Å². The number of pyridine rings is 1. The van der Waals surface area contributed by atoms with Crippen molar-refractivity contribution in [2.24, 2.45) is 5.73 Å². The smallest absolute Gasteiger partial charge is 0.251 e. The molecule has 0 aliphatic carbocycles. The summed E-state index contributed by atoms with van der Waals surface area (Å²) >= 11 is 0. The molecular weight excluding hydrogens is 297 g/mol. The predicted molar refractivity (Wildman–Crippen MR) is 74.3 cm³/mol. The van der Waals surface area contributed by atoms with Gasteiger partial charge in [-0.2, -0.15) is 0 Å². The van der Waals surface area contributed by atoms with E-state index in [4.69, 9.17) is 11.5 Å². The highest BCUT2D eigenvalue weighted by molar-refractivity contribution is 6.04. The largest absolute Gasteiger partial charge is 0.381 e. The average molecular weight is 306 g/mol. The summed E-state index contributed by atoms with van der Waals surface area (Å²) in [5.41, 5.74) is 10.5. The van der Waals surface area contributed by atoms with Crippen molar-refractivity contribution < 1.29 is 18.0 Å². The summed E-state index contributed by atoms with van der Waals surface area (Å²) in [6, 6.07) is 2.62. The molecule has 0 saturated heterocycles. The van der Waals surface area contributed by atoms with E-state index in [1.54, 1.807) is 0 Å². The van der Waals surface area contributed by atoms with E-state index in [0.29, 0.717) is 6.07 Å². The highest BCUT2D eigenvalue weighted by Gasteiger charge is 2.20. The van der Waals surface area contributed by atoms with Crippen LogP contribution in [-0.4, -0.2) is 15.9 Å². The van der Waals surface area contributed by atoms with Crippen LogP contribution < -0.4 is 11.5 Å². The van der Waals surface area contributed by atoms with Gasteiger partial charge in [0.05, 0.1) is 16.8 Å². The van der Waals surface area contributed by atoms with Gasteiger partial charge in [-0.1, -0.05) is 0 Å². The Labute approximate surface area is 121 Å². The Hall–Kier alpha value is -3.03. The Morgan fingerprint density at radius 2 is 1.86 bits per heavy atom. The molecule has 0 radical (unpaired) electrons. The van der Waals surface area contributed by atoms with E-state index >= 15 is 0 Å². The lowest BCUT2D eigenvalue weighted by Gasteiger charge is -2.07. The van der Waals surface area contributed by atoms with E-state index in [0.717, 1.165) is 12.1 Å². The number of rotatable bonds is 2. The number of carbonyl (C=O) groups is 1. The van der Waals surface area contributed by atoms with Gasteiger partial charge in [-0.15, -0.1) is 0 Å². The van der Waals surface area contributed by atoms with Crippen molar-refractivity contribution >= 4 is 22.6 Å². The summed E-state index contributed by atoms with van der Waals surface area (Å²) in [5.74, 6) is -3.91. The molecule has 112 valence electrons. The molecule has 0 unspecified atom stereocenters. The van der Waals surface area contributed by atoms with E-state index < -0.39 is 29.2 Å². The molecule has 0 atom stereocenters. The van der Waals surface area contributed by atoms with Gasteiger partial charge in [0, 0.05) is 23.2 Å². The van der Waals surface area contributed by atoms with Gasteiger partial charge in [-0.3, -0.25) is 4.79 Å². The third-order valence-electron chi connectivity index (χ3n) is 3.23. The van der Waals surface area contributed by atoms with Crippen molar-refractivity contribution in [1.29, 1.82) is 0 Å². The zero-order chi connectivity index (χ0) is 16.0. The van der Waals surface area contributed by atoms with Crippen LogP contribution in [0.5, 0.6) is 0 Å². The van der Waals surface area contributed by atoms with Crippen LogP contribution in [0.4, 0.5) is 19.0 Å². The minimum absolute atomic E-state index is 0.0246. The van der Waals surface area contributed by atoms with Crippen molar-refractivity contribution in [2.45, 2.75) is 0 Å². The summed E-state index contributed by atoms with van der Waals surface area (Å²) in [5, 5.41) is 0.138. The quantitative estimate of drug-likeness (QED) is 0.677. The fourth-order valence-electron chi connectivity index (χ4n) is 2.25. The van der Waals surface area contributed by atoms with Gasteiger partial charge in [-0.25, -0.2) is 18.2 Å². The second-order valence-electron chi connectivity index (χ2n) is 4.63. The van der Waals surface area contributed by atoms with Crippen LogP contribution in [0.1, 0.15) is 10.4 Å². The molecule has 0 fully saturated rings. The van der Waals surface area contributed by atoms with Crippen molar-refractivity contribution in [1.82, 2.24) is 9.97 Å². The van der Waals surface area contributed by atoms with E-state index in [-0.39, 0.29) is 27.7 Å². The molecule has 0 bridgehead atoms. The van der Waals surface area contributed by atoms with Gasteiger partial charge in [0.25, 0.3) is 5.91 Å². The van der Waals surface area contributed by atoms with E-state index in [1.807, 2.05) is 0 Å². The number of carbonyl (C=O) groups excluding carboxylic acids is 1. The molecule has 22 heavy (non-hydrogen) atoms. The Morgan fingerprint density at radius 3 is 2.55 bits per heavy atom.